The molecule has 0 aromatic rings. The van der Waals surface area contributed by atoms with Gasteiger partial charge in [0.2, 0.25) is 5.91 Å². The molecule has 0 fully saturated rings. The lowest BCUT2D eigenvalue weighted by Crippen LogP contribution is -2.36. The van der Waals surface area contributed by atoms with Gasteiger partial charge in [0.25, 0.3) is 0 Å². The Morgan fingerprint density at radius 3 is 2.67 bits per heavy atom. The predicted octanol–water partition coefficient (Wildman–Crippen LogP) is 1.89. The molecular formula is C15H11NO2. The molecule has 0 saturated heterocycles. The van der Waals surface area contributed by atoms with Crippen LogP contribution in [0, 0.1) is 5.92 Å². The lowest BCUT2D eigenvalue weighted by Gasteiger charge is -2.25. The van der Waals surface area contributed by atoms with E-state index in [0.717, 1.165) is 22.6 Å². The SMILES string of the molecule is O=C1NC2=C3C=CC=CC3OC2=C2C=CC=CC12. The molecule has 4 rings (SSSR count). The molecule has 3 heteroatoms. The van der Waals surface area contributed by atoms with Crippen molar-refractivity contribution in [1.29, 1.82) is 0 Å². The Kier molecular flexibility index (Phi) is 1.81. The molecule has 2 atom stereocenters. The molecule has 1 amide bonds. The van der Waals surface area contributed by atoms with Gasteiger partial charge in [-0.05, 0) is 6.08 Å². The van der Waals surface area contributed by atoms with E-state index in [4.69, 9.17) is 4.74 Å². The molecular weight excluding hydrogens is 226 g/mol. The summed E-state index contributed by atoms with van der Waals surface area (Å²) in [6.45, 7) is 0. The van der Waals surface area contributed by atoms with Crippen LogP contribution in [0.3, 0.4) is 0 Å². The van der Waals surface area contributed by atoms with Gasteiger partial charge >= 0.3 is 0 Å². The van der Waals surface area contributed by atoms with E-state index in [1.807, 2.05) is 48.6 Å². The summed E-state index contributed by atoms with van der Waals surface area (Å²) in [6.07, 6.45) is 15.6. The first kappa shape index (κ1) is 9.71. The molecule has 0 aromatic heterocycles. The van der Waals surface area contributed by atoms with Crippen molar-refractivity contribution in [2.24, 2.45) is 5.92 Å². The quantitative estimate of drug-likeness (QED) is 0.698. The highest BCUT2D eigenvalue weighted by Gasteiger charge is 2.39. The molecule has 0 radical (unpaired) electrons. The van der Waals surface area contributed by atoms with E-state index < -0.39 is 0 Å². The van der Waals surface area contributed by atoms with Gasteiger partial charge in [0, 0.05) is 11.1 Å². The maximum atomic E-state index is 12.1. The number of hydrogen-bond acceptors (Lipinski definition) is 2. The second-order valence-corrected chi connectivity index (χ2v) is 4.61. The van der Waals surface area contributed by atoms with Crippen LogP contribution in [0.25, 0.3) is 0 Å². The highest BCUT2D eigenvalue weighted by atomic mass is 16.5. The van der Waals surface area contributed by atoms with Crippen molar-refractivity contribution in [1.82, 2.24) is 5.32 Å². The highest BCUT2D eigenvalue weighted by molar-refractivity contribution is 5.90. The number of carbonyl (C=O) groups excluding carboxylic acids is 1. The van der Waals surface area contributed by atoms with Crippen LogP contribution in [0.1, 0.15) is 0 Å². The molecule has 0 bridgehead atoms. The summed E-state index contributed by atoms with van der Waals surface area (Å²) in [5, 5.41) is 2.96. The van der Waals surface area contributed by atoms with Crippen molar-refractivity contribution < 1.29 is 9.53 Å². The van der Waals surface area contributed by atoms with Crippen LogP contribution >= 0.6 is 0 Å². The van der Waals surface area contributed by atoms with E-state index in [1.165, 1.54) is 0 Å². The minimum absolute atomic E-state index is 0.0176. The number of hydrogen-bond donors (Lipinski definition) is 1. The zero-order chi connectivity index (χ0) is 12.1. The Balaban J connectivity index is 1.93. The van der Waals surface area contributed by atoms with Gasteiger partial charge in [-0.2, -0.15) is 0 Å². The van der Waals surface area contributed by atoms with Crippen LogP contribution in [0.5, 0.6) is 0 Å². The van der Waals surface area contributed by atoms with Gasteiger partial charge < -0.3 is 10.1 Å². The van der Waals surface area contributed by atoms with Gasteiger partial charge in [0.15, 0.2) is 0 Å². The van der Waals surface area contributed by atoms with Crippen molar-refractivity contribution in [2.75, 3.05) is 0 Å². The fraction of sp³-hybridized carbons (Fsp3) is 0.133. The Bertz CT molecular complexity index is 629. The van der Waals surface area contributed by atoms with E-state index in [1.54, 1.807) is 0 Å². The van der Waals surface area contributed by atoms with Gasteiger partial charge in [-0.25, -0.2) is 0 Å². The Morgan fingerprint density at radius 1 is 1.00 bits per heavy atom. The summed E-state index contributed by atoms with van der Waals surface area (Å²) < 4.78 is 5.95. The summed E-state index contributed by atoms with van der Waals surface area (Å²) in [5.41, 5.74) is 2.83. The molecule has 0 saturated carbocycles. The smallest absolute Gasteiger partial charge is 0.236 e. The van der Waals surface area contributed by atoms with Gasteiger partial charge in [-0.3, -0.25) is 4.79 Å². The topological polar surface area (TPSA) is 38.3 Å². The van der Waals surface area contributed by atoms with Gasteiger partial charge in [-0.1, -0.05) is 42.5 Å². The second-order valence-electron chi connectivity index (χ2n) is 4.61. The third kappa shape index (κ3) is 1.16. The normalized spacial score (nSPS) is 31.0. The van der Waals surface area contributed by atoms with Crippen molar-refractivity contribution in [2.45, 2.75) is 6.10 Å². The summed E-state index contributed by atoms with van der Waals surface area (Å²) in [7, 11) is 0. The predicted molar refractivity (Wildman–Crippen MR) is 67.1 cm³/mol. The summed E-state index contributed by atoms with van der Waals surface area (Å²) in [5.74, 6) is 0.614. The summed E-state index contributed by atoms with van der Waals surface area (Å²) in [6, 6.07) is 0. The number of allylic oxidation sites excluding steroid dienone is 5. The highest BCUT2D eigenvalue weighted by Crippen LogP contribution is 2.40. The van der Waals surface area contributed by atoms with Crippen molar-refractivity contribution in [3.63, 3.8) is 0 Å². The summed E-state index contributed by atoms with van der Waals surface area (Å²) >= 11 is 0. The average Bonchev–Trinajstić information content (AvgIpc) is 2.78. The van der Waals surface area contributed by atoms with E-state index >= 15 is 0 Å². The Morgan fingerprint density at radius 2 is 1.78 bits per heavy atom. The molecule has 2 heterocycles. The first-order chi connectivity index (χ1) is 8.84. The second kappa shape index (κ2) is 3.35. The van der Waals surface area contributed by atoms with Crippen molar-refractivity contribution in [3.05, 3.63) is 71.2 Å². The van der Waals surface area contributed by atoms with E-state index in [-0.39, 0.29) is 17.9 Å². The van der Waals surface area contributed by atoms with Gasteiger partial charge in [-0.15, -0.1) is 0 Å². The largest absolute Gasteiger partial charge is 0.479 e. The molecule has 3 nitrogen and oxygen atoms in total. The third-order valence-electron chi connectivity index (χ3n) is 3.56. The Labute approximate surface area is 105 Å². The molecule has 0 spiro atoms. The fourth-order valence-corrected chi connectivity index (χ4v) is 2.70. The first-order valence-electron chi connectivity index (χ1n) is 6.00. The molecule has 4 aliphatic rings. The molecule has 18 heavy (non-hydrogen) atoms. The van der Waals surface area contributed by atoms with E-state index in [0.29, 0.717) is 0 Å². The molecule has 2 aliphatic heterocycles. The number of amides is 1. The van der Waals surface area contributed by atoms with Gasteiger partial charge in [0.05, 0.1) is 11.6 Å². The number of rotatable bonds is 0. The first-order valence-corrected chi connectivity index (χ1v) is 6.00. The zero-order valence-electron chi connectivity index (χ0n) is 9.59. The molecule has 0 aromatic carbocycles. The van der Waals surface area contributed by atoms with Crippen LogP contribution in [0.2, 0.25) is 0 Å². The van der Waals surface area contributed by atoms with Gasteiger partial charge in [0.1, 0.15) is 11.9 Å². The minimum atomic E-state index is -0.220. The van der Waals surface area contributed by atoms with Crippen LogP contribution in [0.15, 0.2) is 71.2 Å². The lowest BCUT2D eigenvalue weighted by atomic mass is 9.88. The number of carbonyl (C=O) groups is 1. The van der Waals surface area contributed by atoms with Crippen LogP contribution in [0.4, 0.5) is 0 Å². The van der Waals surface area contributed by atoms with Crippen LogP contribution in [-0.2, 0) is 9.53 Å². The third-order valence-corrected chi connectivity index (χ3v) is 3.56. The van der Waals surface area contributed by atoms with E-state index in [9.17, 15) is 4.79 Å². The van der Waals surface area contributed by atoms with Crippen molar-refractivity contribution in [3.8, 4) is 0 Å². The standard InChI is InChI=1S/C15H11NO2/c17-15-10-6-2-1-5-9(10)14-13(16-15)11-7-3-4-8-12(11)18-14/h1-8,10,12H,(H,16,17). The molecule has 88 valence electrons. The zero-order valence-corrected chi connectivity index (χ0v) is 9.59. The number of ether oxygens (including phenoxy) is 1. The summed E-state index contributed by atoms with van der Waals surface area (Å²) in [4.78, 5) is 12.1. The monoisotopic (exact) mass is 237 g/mol. The average molecular weight is 237 g/mol. The minimum Gasteiger partial charge on any atom is -0.479 e. The van der Waals surface area contributed by atoms with Crippen LogP contribution < -0.4 is 5.32 Å². The number of fused-ring (bicyclic) bond motifs is 3. The fourth-order valence-electron chi connectivity index (χ4n) is 2.70. The molecule has 2 unspecified atom stereocenters. The maximum Gasteiger partial charge on any atom is 0.236 e. The van der Waals surface area contributed by atoms with E-state index in [2.05, 4.69) is 5.32 Å². The van der Waals surface area contributed by atoms with Crippen molar-refractivity contribution >= 4 is 5.91 Å². The molecule has 2 aliphatic carbocycles. The number of nitrogens with one attached hydrogen (secondary N) is 1. The maximum absolute atomic E-state index is 12.1. The molecule has 1 N–H and O–H groups in total. The Hall–Kier alpha value is -2.29. The lowest BCUT2D eigenvalue weighted by molar-refractivity contribution is -0.122. The van der Waals surface area contributed by atoms with Crippen LogP contribution in [-0.4, -0.2) is 12.0 Å².